The van der Waals surface area contributed by atoms with E-state index in [4.69, 9.17) is 21.1 Å². The van der Waals surface area contributed by atoms with E-state index < -0.39 is 0 Å². The highest BCUT2D eigenvalue weighted by Gasteiger charge is 2.33. The molecule has 1 atom stereocenters. The summed E-state index contributed by atoms with van der Waals surface area (Å²) in [6.07, 6.45) is 7.51. The lowest BCUT2D eigenvalue weighted by atomic mass is 9.92. The Labute approximate surface area is 186 Å². The Morgan fingerprint density at radius 2 is 1.97 bits per heavy atom. The molecule has 6 nitrogen and oxygen atoms in total. The van der Waals surface area contributed by atoms with Crippen LogP contribution >= 0.6 is 11.6 Å². The van der Waals surface area contributed by atoms with Crippen molar-refractivity contribution in [1.29, 1.82) is 0 Å². The molecule has 0 saturated heterocycles. The van der Waals surface area contributed by atoms with Crippen LogP contribution in [0.5, 0.6) is 11.5 Å². The minimum atomic E-state index is -0.369. The Hall–Kier alpha value is -2.99. The molecule has 0 spiro atoms. The summed E-state index contributed by atoms with van der Waals surface area (Å²) in [5, 5.41) is 5.09. The first-order chi connectivity index (χ1) is 15.1. The summed E-state index contributed by atoms with van der Waals surface area (Å²) in [5.41, 5.74) is 3.70. The van der Waals surface area contributed by atoms with Crippen LogP contribution in [0.4, 0.5) is 10.5 Å². The lowest BCUT2D eigenvalue weighted by molar-refractivity contribution is 0.175. The molecule has 2 aliphatic rings. The van der Waals surface area contributed by atoms with Gasteiger partial charge in [-0.05, 0) is 56.9 Å². The normalized spacial score (nSPS) is 17.9. The van der Waals surface area contributed by atoms with E-state index in [1.807, 2.05) is 48.1 Å². The van der Waals surface area contributed by atoms with Crippen molar-refractivity contribution in [2.75, 3.05) is 12.0 Å². The first kappa shape index (κ1) is 19.9. The van der Waals surface area contributed by atoms with E-state index in [-0.39, 0.29) is 12.1 Å². The third-order valence-corrected chi connectivity index (χ3v) is 6.31. The van der Waals surface area contributed by atoms with Gasteiger partial charge in [0.25, 0.3) is 0 Å². The van der Waals surface area contributed by atoms with E-state index in [0.717, 1.165) is 35.2 Å². The van der Waals surface area contributed by atoms with Crippen LogP contribution in [0.2, 0.25) is 5.02 Å². The zero-order chi connectivity index (χ0) is 21.5. The van der Waals surface area contributed by atoms with Crippen LogP contribution in [0.3, 0.4) is 0 Å². The first-order valence-electron chi connectivity index (χ1n) is 10.6. The molecule has 160 valence electrons. The molecule has 2 aromatic carbocycles. The van der Waals surface area contributed by atoms with Crippen LogP contribution in [-0.4, -0.2) is 29.0 Å². The molecule has 1 amide bonds. The molecule has 1 fully saturated rings. The summed E-state index contributed by atoms with van der Waals surface area (Å²) in [4.78, 5) is 14.2. The zero-order valence-corrected chi connectivity index (χ0v) is 18.3. The van der Waals surface area contributed by atoms with Crippen molar-refractivity contribution in [3.05, 3.63) is 59.4 Å². The number of benzene rings is 2. The fourth-order valence-electron chi connectivity index (χ4n) is 4.18. The van der Waals surface area contributed by atoms with Crippen LogP contribution in [0.15, 0.2) is 48.8 Å². The molecule has 2 heterocycles. The van der Waals surface area contributed by atoms with E-state index in [2.05, 4.69) is 11.3 Å². The van der Waals surface area contributed by atoms with Gasteiger partial charge in [0.1, 0.15) is 11.5 Å². The SMILES string of the molecule is COC(=O)N1c2ccc(-c3cnn(C4CC4)c3)c(Oc3ccccc3Cl)c2CCC1C. The second kappa shape index (κ2) is 7.93. The van der Waals surface area contributed by atoms with E-state index in [1.54, 1.807) is 11.0 Å². The fourth-order valence-corrected chi connectivity index (χ4v) is 4.35. The number of carbonyl (C=O) groups excluding carboxylic acids is 1. The second-order valence-electron chi connectivity index (χ2n) is 8.14. The summed E-state index contributed by atoms with van der Waals surface area (Å²) < 4.78 is 13.5. The maximum Gasteiger partial charge on any atom is 0.414 e. The first-order valence-corrected chi connectivity index (χ1v) is 10.9. The van der Waals surface area contributed by atoms with Gasteiger partial charge in [-0.15, -0.1) is 0 Å². The van der Waals surface area contributed by atoms with Crippen molar-refractivity contribution in [3.8, 4) is 22.6 Å². The van der Waals surface area contributed by atoms with Crippen molar-refractivity contribution in [1.82, 2.24) is 9.78 Å². The number of hydrogen-bond donors (Lipinski definition) is 0. The molecule has 1 aliphatic heterocycles. The monoisotopic (exact) mass is 437 g/mol. The molecule has 1 aromatic heterocycles. The minimum Gasteiger partial charge on any atom is -0.455 e. The topological polar surface area (TPSA) is 56.6 Å². The van der Waals surface area contributed by atoms with Crippen molar-refractivity contribution in [2.45, 2.75) is 44.7 Å². The van der Waals surface area contributed by atoms with E-state index in [1.165, 1.54) is 20.0 Å². The molecular formula is C24H24ClN3O3. The fraction of sp³-hybridized carbons (Fsp3) is 0.333. The highest BCUT2D eigenvalue weighted by molar-refractivity contribution is 6.32. The van der Waals surface area contributed by atoms with Crippen molar-refractivity contribution in [3.63, 3.8) is 0 Å². The minimum absolute atomic E-state index is 0.0385. The summed E-state index contributed by atoms with van der Waals surface area (Å²) in [7, 11) is 1.41. The van der Waals surface area contributed by atoms with Crippen LogP contribution in [-0.2, 0) is 11.2 Å². The standard InChI is InChI=1S/C24H24ClN3O3/c1-15-7-10-19-21(28(15)24(29)30-2)12-11-18(16-13-26-27(14-16)17-8-9-17)23(19)31-22-6-4-3-5-20(22)25/h3-6,11-15,17H,7-10H2,1-2H3. The van der Waals surface area contributed by atoms with Gasteiger partial charge in [-0.3, -0.25) is 9.58 Å². The number of carbonyl (C=O) groups is 1. The highest BCUT2D eigenvalue weighted by atomic mass is 35.5. The summed E-state index contributed by atoms with van der Waals surface area (Å²) in [6, 6.07) is 11.9. The zero-order valence-electron chi connectivity index (χ0n) is 17.5. The molecule has 3 aromatic rings. The maximum absolute atomic E-state index is 12.5. The largest absolute Gasteiger partial charge is 0.455 e. The Morgan fingerprint density at radius 3 is 2.71 bits per heavy atom. The molecule has 1 aliphatic carbocycles. The Bertz CT molecular complexity index is 1140. The number of ether oxygens (including phenoxy) is 2. The number of amides is 1. The molecule has 7 heteroatoms. The van der Waals surface area contributed by atoms with Crippen LogP contribution in [0.25, 0.3) is 11.1 Å². The van der Waals surface area contributed by atoms with Gasteiger partial charge in [0.15, 0.2) is 0 Å². The number of aromatic nitrogens is 2. The smallest absolute Gasteiger partial charge is 0.414 e. The number of para-hydroxylation sites is 1. The van der Waals surface area contributed by atoms with Crippen molar-refractivity contribution >= 4 is 23.4 Å². The third kappa shape index (κ3) is 3.65. The van der Waals surface area contributed by atoms with Gasteiger partial charge in [0.2, 0.25) is 0 Å². The molecule has 0 radical (unpaired) electrons. The molecule has 1 saturated carbocycles. The molecular weight excluding hydrogens is 414 g/mol. The van der Waals surface area contributed by atoms with Gasteiger partial charge < -0.3 is 9.47 Å². The van der Waals surface area contributed by atoms with Crippen LogP contribution < -0.4 is 9.64 Å². The number of rotatable bonds is 4. The predicted octanol–water partition coefficient (Wildman–Crippen LogP) is 6.24. The number of halogens is 1. The Balaban J connectivity index is 1.66. The maximum atomic E-state index is 12.5. The van der Waals surface area contributed by atoms with Gasteiger partial charge in [-0.1, -0.05) is 23.7 Å². The average Bonchev–Trinajstić information content (AvgIpc) is 3.52. The highest BCUT2D eigenvalue weighted by Crippen LogP contribution is 2.46. The lowest BCUT2D eigenvalue weighted by Crippen LogP contribution is -2.42. The molecule has 0 bridgehead atoms. The van der Waals surface area contributed by atoms with Gasteiger partial charge in [0, 0.05) is 28.9 Å². The van der Waals surface area contributed by atoms with E-state index in [9.17, 15) is 4.79 Å². The molecule has 0 N–H and O–H groups in total. The molecule has 31 heavy (non-hydrogen) atoms. The van der Waals surface area contributed by atoms with Gasteiger partial charge in [-0.2, -0.15) is 5.10 Å². The molecule has 5 rings (SSSR count). The number of anilines is 1. The predicted molar refractivity (Wildman–Crippen MR) is 120 cm³/mol. The second-order valence-corrected chi connectivity index (χ2v) is 8.55. The summed E-state index contributed by atoms with van der Waals surface area (Å²) >= 11 is 6.41. The van der Waals surface area contributed by atoms with Gasteiger partial charge in [0.05, 0.1) is 30.1 Å². The third-order valence-electron chi connectivity index (χ3n) is 6.00. The van der Waals surface area contributed by atoms with E-state index in [0.29, 0.717) is 22.6 Å². The quantitative estimate of drug-likeness (QED) is 0.484. The number of methoxy groups -OCH3 is 1. The van der Waals surface area contributed by atoms with Crippen LogP contribution in [0, 0.1) is 0 Å². The average molecular weight is 438 g/mol. The Morgan fingerprint density at radius 1 is 1.16 bits per heavy atom. The van der Waals surface area contributed by atoms with Gasteiger partial charge in [-0.25, -0.2) is 4.79 Å². The number of fused-ring (bicyclic) bond motifs is 1. The number of hydrogen-bond acceptors (Lipinski definition) is 4. The summed E-state index contributed by atoms with van der Waals surface area (Å²) in [6.45, 7) is 2.03. The van der Waals surface area contributed by atoms with E-state index >= 15 is 0 Å². The summed E-state index contributed by atoms with van der Waals surface area (Å²) in [5.74, 6) is 1.29. The number of nitrogens with zero attached hydrogens (tertiary/aromatic N) is 3. The lowest BCUT2D eigenvalue weighted by Gasteiger charge is -2.35. The van der Waals surface area contributed by atoms with Crippen LogP contribution in [0.1, 0.15) is 37.8 Å². The van der Waals surface area contributed by atoms with Crippen molar-refractivity contribution < 1.29 is 14.3 Å². The van der Waals surface area contributed by atoms with Gasteiger partial charge >= 0.3 is 6.09 Å². The Kier molecular flexibility index (Phi) is 5.10. The van der Waals surface area contributed by atoms with Crippen molar-refractivity contribution in [2.24, 2.45) is 0 Å². The molecule has 1 unspecified atom stereocenters.